The Morgan fingerprint density at radius 3 is 2.72 bits per heavy atom. The summed E-state index contributed by atoms with van der Waals surface area (Å²) in [5.74, 6) is 1.03. The normalized spacial score (nSPS) is 19.2. The van der Waals surface area contributed by atoms with Gasteiger partial charge in [0.1, 0.15) is 5.75 Å². The number of hydrogen-bond donors (Lipinski definition) is 2. The van der Waals surface area contributed by atoms with Crippen molar-refractivity contribution in [3.63, 3.8) is 0 Å². The number of methoxy groups -OCH3 is 1. The Morgan fingerprint density at radius 1 is 1.33 bits per heavy atom. The Morgan fingerprint density at radius 2 is 2.11 bits per heavy atom. The maximum Gasteiger partial charge on any atom is 0.124 e. The molecule has 3 heteroatoms. The number of benzene rings is 1. The summed E-state index contributed by atoms with van der Waals surface area (Å²) < 4.78 is 5.46. The summed E-state index contributed by atoms with van der Waals surface area (Å²) in [6.07, 6.45) is 1.23. The fourth-order valence-corrected chi connectivity index (χ4v) is 2.72. The van der Waals surface area contributed by atoms with Crippen LogP contribution in [0.3, 0.4) is 0 Å². The van der Waals surface area contributed by atoms with Gasteiger partial charge in [-0.1, -0.05) is 6.07 Å². The second kappa shape index (κ2) is 5.72. The number of ether oxygens (including phenoxy) is 1. The first-order chi connectivity index (χ1) is 8.63. The zero-order chi connectivity index (χ0) is 13.1. The van der Waals surface area contributed by atoms with E-state index in [1.807, 2.05) is 0 Å². The van der Waals surface area contributed by atoms with Crippen LogP contribution in [0.5, 0.6) is 5.75 Å². The third-order valence-corrected chi connectivity index (χ3v) is 3.98. The summed E-state index contributed by atoms with van der Waals surface area (Å²) in [5.41, 5.74) is 5.22. The summed E-state index contributed by atoms with van der Waals surface area (Å²) in [6, 6.07) is 2.86. The monoisotopic (exact) mass is 248 g/mol. The Labute approximate surface area is 110 Å². The number of aryl methyl sites for hydroxylation is 1. The van der Waals surface area contributed by atoms with Gasteiger partial charge in [0, 0.05) is 19.1 Å². The molecule has 100 valence electrons. The zero-order valence-corrected chi connectivity index (χ0v) is 11.9. The van der Waals surface area contributed by atoms with Gasteiger partial charge in [-0.2, -0.15) is 0 Å². The highest BCUT2D eigenvalue weighted by atomic mass is 16.5. The molecule has 0 aromatic heterocycles. The van der Waals surface area contributed by atoms with E-state index in [2.05, 4.69) is 37.5 Å². The quantitative estimate of drug-likeness (QED) is 0.856. The van der Waals surface area contributed by atoms with E-state index >= 15 is 0 Å². The molecule has 3 nitrogen and oxygen atoms in total. The van der Waals surface area contributed by atoms with Crippen molar-refractivity contribution in [1.82, 2.24) is 10.6 Å². The van der Waals surface area contributed by atoms with Crippen LogP contribution in [0.15, 0.2) is 6.07 Å². The largest absolute Gasteiger partial charge is 0.496 e. The number of nitrogens with one attached hydrogen (secondary N) is 2. The van der Waals surface area contributed by atoms with Crippen LogP contribution in [0, 0.1) is 20.8 Å². The van der Waals surface area contributed by atoms with Gasteiger partial charge in [0.15, 0.2) is 0 Å². The van der Waals surface area contributed by atoms with Crippen molar-refractivity contribution < 1.29 is 4.74 Å². The van der Waals surface area contributed by atoms with Gasteiger partial charge in [0.25, 0.3) is 0 Å². The van der Waals surface area contributed by atoms with E-state index in [1.165, 1.54) is 28.7 Å². The van der Waals surface area contributed by atoms with Gasteiger partial charge in [0.2, 0.25) is 0 Å². The molecule has 2 N–H and O–H groups in total. The van der Waals surface area contributed by atoms with E-state index in [-0.39, 0.29) is 0 Å². The molecule has 0 aliphatic carbocycles. The first-order valence-electron chi connectivity index (χ1n) is 6.71. The molecule has 0 amide bonds. The molecule has 1 atom stereocenters. The Kier molecular flexibility index (Phi) is 4.25. The molecule has 1 unspecified atom stereocenters. The molecule has 1 fully saturated rings. The molecule has 0 radical (unpaired) electrons. The summed E-state index contributed by atoms with van der Waals surface area (Å²) >= 11 is 0. The number of hydrogen-bond acceptors (Lipinski definition) is 3. The van der Waals surface area contributed by atoms with Gasteiger partial charge in [-0.25, -0.2) is 0 Å². The molecule has 1 aliphatic rings. The molecule has 18 heavy (non-hydrogen) atoms. The van der Waals surface area contributed by atoms with Crippen molar-refractivity contribution in [2.75, 3.05) is 20.2 Å². The maximum absolute atomic E-state index is 5.46. The van der Waals surface area contributed by atoms with Crippen LogP contribution >= 0.6 is 0 Å². The van der Waals surface area contributed by atoms with E-state index in [1.54, 1.807) is 7.11 Å². The van der Waals surface area contributed by atoms with Gasteiger partial charge < -0.3 is 15.4 Å². The van der Waals surface area contributed by atoms with Gasteiger partial charge >= 0.3 is 0 Å². The first-order valence-corrected chi connectivity index (χ1v) is 6.71. The third-order valence-electron chi connectivity index (χ3n) is 3.98. The van der Waals surface area contributed by atoms with E-state index in [0.29, 0.717) is 6.04 Å². The van der Waals surface area contributed by atoms with Crippen LogP contribution in [0.1, 0.15) is 28.7 Å². The number of rotatable bonds is 4. The van der Waals surface area contributed by atoms with Crippen molar-refractivity contribution in [1.29, 1.82) is 0 Å². The highest BCUT2D eigenvalue weighted by molar-refractivity contribution is 5.48. The van der Waals surface area contributed by atoms with Gasteiger partial charge in [-0.3, -0.25) is 0 Å². The van der Waals surface area contributed by atoms with Crippen molar-refractivity contribution >= 4 is 0 Å². The van der Waals surface area contributed by atoms with Crippen molar-refractivity contribution in [3.8, 4) is 5.75 Å². The Hall–Kier alpha value is -1.06. The van der Waals surface area contributed by atoms with Gasteiger partial charge in [-0.15, -0.1) is 0 Å². The smallest absolute Gasteiger partial charge is 0.124 e. The SMILES string of the molecule is COc1c(C)cc(CNC2CCNC2)c(C)c1C. The lowest BCUT2D eigenvalue weighted by Crippen LogP contribution is -2.30. The molecular formula is C15H24N2O. The second-order valence-corrected chi connectivity index (χ2v) is 5.21. The van der Waals surface area contributed by atoms with Crippen LogP contribution in [-0.4, -0.2) is 26.2 Å². The minimum atomic E-state index is 0.618. The predicted molar refractivity (Wildman–Crippen MR) is 75.3 cm³/mol. The van der Waals surface area contributed by atoms with Crippen LogP contribution in [-0.2, 0) is 6.54 Å². The lowest BCUT2D eigenvalue weighted by molar-refractivity contribution is 0.407. The molecular weight excluding hydrogens is 224 g/mol. The fourth-order valence-electron chi connectivity index (χ4n) is 2.72. The summed E-state index contributed by atoms with van der Waals surface area (Å²) in [7, 11) is 1.75. The maximum atomic E-state index is 5.46. The van der Waals surface area contributed by atoms with Crippen LogP contribution in [0.2, 0.25) is 0 Å². The highest BCUT2D eigenvalue weighted by Gasteiger charge is 2.15. The lowest BCUT2D eigenvalue weighted by atomic mass is 9.98. The molecule has 0 saturated carbocycles. The van der Waals surface area contributed by atoms with Crippen molar-refractivity contribution in [2.45, 2.75) is 39.8 Å². The molecule has 2 rings (SSSR count). The van der Waals surface area contributed by atoms with E-state index in [4.69, 9.17) is 4.74 Å². The van der Waals surface area contributed by atoms with Crippen LogP contribution in [0.4, 0.5) is 0 Å². The summed E-state index contributed by atoms with van der Waals surface area (Å²) in [6.45, 7) is 9.61. The van der Waals surface area contributed by atoms with Crippen molar-refractivity contribution in [3.05, 3.63) is 28.3 Å². The highest BCUT2D eigenvalue weighted by Crippen LogP contribution is 2.28. The molecule has 1 saturated heterocycles. The zero-order valence-electron chi connectivity index (χ0n) is 11.9. The molecule has 1 aliphatic heterocycles. The molecule has 0 spiro atoms. The predicted octanol–water partition coefficient (Wildman–Crippen LogP) is 2.07. The van der Waals surface area contributed by atoms with Crippen molar-refractivity contribution in [2.24, 2.45) is 0 Å². The topological polar surface area (TPSA) is 33.3 Å². The summed E-state index contributed by atoms with van der Waals surface area (Å²) in [4.78, 5) is 0. The van der Waals surface area contributed by atoms with Crippen LogP contribution in [0.25, 0.3) is 0 Å². The molecule has 0 bridgehead atoms. The lowest BCUT2D eigenvalue weighted by Gasteiger charge is -2.18. The molecule has 1 heterocycles. The summed E-state index contributed by atoms with van der Waals surface area (Å²) in [5, 5.41) is 7.01. The third kappa shape index (κ3) is 2.68. The van der Waals surface area contributed by atoms with E-state index in [9.17, 15) is 0 Å². The molecule has 1 aromatic rings. The molecule has 1 aromatic carbocycles. The second-order valence-electron chi connectivity index (χ2n) is 5.21. The Bertz CT molecular complexity index is 423. The van der Waals surface area contributed by atoms with Gasteiger partial charge in [-0.05, 0) is 56.0 Å². The van der Waals surface area contributed by atoms with Crippen LogP contribution < -0.4 is 15.4 Å². The average molecular weight is 248 g/mol. The first kappa shape index (κ1) is 13.4. The van der Waals surface area contributed by atoms with E-state index < -0.39 is 0 Å². The minimum Gasteiger partial charge on any atom is -0.496 e. The van der Waals surface area contributed by atoms with Gasteiger partial charge in [0.05, 0.1) is 7.11 Å². The average Bonchev–Trinajstić information content (AvgIpc) is 2.86. The standard InChI is InChI=1S/C15H24N2O/c1-10-7-13(8-17-14-5-6-16-9-14)11(2)12(3)15(10)18-4/h7,14,16-17H,5-6,8-9H2,1-4H3. The fraction of sp³-hybridized carbons (Fsp3) is 0.600. The van der Waals surface area contributed by atoms with E-state index in [0.717, 1.165) is 25.4 Å². The Balaban J connectivity index is 2.12. The minimum absolute atomic E-state index is 0.618.